The van der Waals surface area contributed by atoms with Crippen molar-refractivity contribution in [2.75, 3.05) is 13.3 Å². The molecule has 1 aromatic rings. The summed E-state index contributed by atoms with van der Waals surface area (Å²) in [5, 5.41) is 3.28. The number of rotatable bonds is 5. The van der Waals surface area contributed by atoms with E-state index in [4.69, 9.17) is 0 Å². The summed E-state index contributed by atoms with van der Waals surface area (Å²) in [5.74, 6) is 0.518. The quantitative estimate of drug-likeness (QED) is 0.878. The summed E-state index contributed by atoms with van der Waals surface area (Å²) in [4.78, 5) is 0.375. The Bertz CT molecular complexity index is 451. The lowest BCUT2D eigenvalue weighted by molar-refractivity contribution is 0.400. The Kier molecular flexibility index (Phi) is 4.71. The number of benzene rings is 1. The normalized spacial score (nSPS) is 15.5. The molecule has 1 aromatic carbocycles. The van der Waals surface area contributed by atoms with Gasteiger partial charge in [-0.2, -0.15) is 0 Å². The molecule has 0 heterocycles. The zero-order valence-electron chi connectivity index (χ0n) is 10.9. The zero-order chi connectivity index (χ0) is 13.1. The maximum absolute atomic E-state index is 11.4. The highest BCUT2D eigenvalue weighted by molar-refractivity contribution is 7.90. The molecule has 0 aromatic heterocycles. The van der Waals surface area contributed by atoms with E-state index in [9.17, 15) is 8.42 Å². The maximum atomic E-state index is 11.4. The van der Waals surface area contributed by atoms with Gasteiger partial charge in [0.1, 0.15) is 0 Å². The molecule has 0 saturated carbocycles. The molecule has 0 spiro atoms. The highest BCUT2D eigenvalue weighted by atomic mass is 32.2. The Hall–Kier alpha value is -0.870. The van der Waals surface area contributed by atoms with E-state index in [0.29, 0.717) is 10.8 Å². The highest BCUT2D eigenvalue weighted by Crippen LogP contribution is 2.24. The summed E-state index contributed by atoms with van der Waals surface area (Å²) in [6.07, 6.45) is 2.31. The van der Waals surface area contributed by atoms with Crippen LogP contribution in [0.15, 0.2) is 29.2 Å². The summed E-state index contributed by atoms with van der Waals surface area (Å²) < 4.78 is 22.7. The van der Waals surface area contributed by atoms with Gasteiger partial charge in [0.2, 0.25) is 0 Å². The Labute approximate surface area is 104 Å². The van der Waals surface area contributed by atoms with Crippen LogP contribution in [0.3, 0.4) is 0 Å². The van der Waals surface area contributed by atoms with Gasteiger partial charge in [0.15, 0.2) is 9.84 Å². The fourth-order valence-corrected chi connectivity index (χ4v) is 2.57. The van der Waals surface area contributed by atoms with Gasteiger partial charge >= 0.3 is 0 Å². The molecule has 0 saturated heterocycles. The summed E-state index contributed by atoms with van der Waals surface area (Å²) in [5.41, 5.74) is 1.13. The van der Waals surface area contributed by atoms with Gasteiger partial charge in [0, 0.05) is 12.3 Å². The average Bonchev–Trinajstić information content (AvgIpc) is 2.29. The van der Waals surface area contributed by atoms with Crippen molar-refractivity contribution in [1.82, 2.24) is 5.32 Å². The van der Waals surface area contributed by atoms with Crippen molar-refractivity contribution >= 4 is 9.84 Å². The van der Waals surface area contributed by atoms with Crippen molar-refractivity contribution in [3.8, 4) is 0 Å². The van der Waals surface area contributed by atoms with E-state index < -0.39 is 9.84 Å². The molecule has 1 N–H and O–H groups in total. The minimum absolute atomic E-state index is 0.272. The third-order valence-electron chi connectivity index (χ3n) is 3.19. The van der Waals surface area contributed by atoms with Crippen molar-refractivity contribution in [3.05, 3.63) is 29.8 Å². The van der Waals surface area contributed by atoms with Crippen LogP contribution in [0.2, 0.25) is 0 Å². The van der Waals surface area contributed by atoms with Crippen molar-refractivity contribution in [2.45, 2.75) is 31.2 Å². The molecule has 0 amide bonds. The molecule has 1 rings (SSSR count). The molecule has 4 heteroatoms. The summed E-state index contributed by atoms with van der Waals surface area (Å²) in [6.45, 7) is 4.34. The van der Waals surface area contributed by atoms with Gasteiger partial charge in [-0.15, -0.1) is 0 Å². The first-order valence-electron chi connectivity index (χ1n) is 5.87. The SMILES string of the molecule is CCC(C)C(NC)c1ccc(S(C)(=O)=O)cc1. The smallest absolute Gasteiger partial charge is 0.175 e. The second-order valence-electron chi connectivity index (χ2n) is 4.49. The maximum Gasteiger partial charge on any atom is 0.175 e. The molecule has 0 aliphatic rings. The van der Waals surface area contributed by atoms with Crippen LogP contribution in [0.1, 0.15) is 31.9 Å². The molecule has 2 atom stereocenters. The van der Waals surface area contributed by atoms with Gasteiger partial charge < -0.3 is 5.32 Å². The van der Waals surface area contributed by atoms with Crippen molar-refractivity contribution in [1.29, 1.82) is 0 Å². The summed E-state index contributed by atoms with van der Waals surface area (Å²) in [7, 11) is -1.17. The Morgan fingerprint density at radius 2 is 1.76 bits per heavy atom. The largest absolute Gasteiger partial charge is 0.313 e. The lowest BCUT2D eigenvalue weighted by Crippen LogP contribution is -2.23. The van der Waals surface area contributed by atoms with E-state index in [1.165, 1.54) is 6.26 Å². The molecule has 0 aliphatic heterocycles. The van der Waals surface area contributed by atoms with Crippen LogP contribution in [0, 0.1) is 5.92 Å². The van der Waals surface area contributed by atoms with Gasteiger partial charge in [-0.3, -0.25) is 0 Å². The van der Waals surface area contributed by atoms with E-state index in [-0.39, 0.29) is 6.04 Å². The summed E-state index contributed by atoms with van der Waals surface area (Å²) in [6, 6.07) is 7.41. The molecule has 96 valence electrons. The van der Waals surface area contributed by atoms with E-state index in [2.05, 4.69) is 19.2 Å². The predicted octanol–water partition coefficient (Wildman–Crippen LogP) is 2.40. The van der Waals surface area contributed by atoms with E-state index in [0.717, 1.165) is 12.0 Å². The standard InChI is InChI=1S/C13H21NO2S/c1-5-10(2)13(14-3)11-6-8-12(9-7-11)17(4,15)16/h6-10,13-14H,5H2,1-4H3. The number of hydrogen-bond donors (Lipinski definition) is 1. The Balaban J connectivity index is 3.01. The molecule has 17 heavy (non-hydrogen) atoms. The molecule has 0 radical (unpaired) electrons. The van der Waals surface area contributed by atoms with Gasteiger partial charge in [-0.1, -0.05) is 32.4 Å². The first kappa shape index (κ1) is 14.2. The van der Waals surface area contributed by atoms with Gasteiger partial charge in [-0.25, -0.2) is 8.42 Å². The topological polar surface area (TPSA) is 46.2 Å². The van der Waals surface area contributed by atoms with Crippen LogP contribution < -0.4 is 5.32 Å². The number of nitrogens with one attached hydrogen (secondary N) is 1. The molecule has 0 aliphatic carbocycles. The minimum atomic E-state index is -3.10. The molecule has 0 bridgehead atoms. The second kappa shape index (κ2) is 5.65. The minimum Gasteiger partial charge on any atom is -0.313 e. The van der Waals surface area contributed by atoms with Crippen LogP contribution in [0.4, 0.5) is 0 Å². The van der Waals surface area contributed by atoms with Crippen LogP contribution in [0.25, 0.3) is 0 Å². The predicted molar refractivity (Wildman–Crippen MR) is 70.8 cm³/mol. The van der Waals surface area contributed by atoms with Crippen molar-refractivity contribution < 1.29 is 8.42 Å². The lowest BCUT2D eigenvalue weighted by atomic mass is 9.93. The van der Waals surface area contributed by atoms with Gasteiger partial charge in [0.25, 0.3) is 0 Å². The van der Waals surface area contributed by atoms with E-state index in [1.807, 2.05) is 19.2 Å². The summed E-state index contributed by atoms with van der Waals surface area (Å²) >= 11 is 0. The zero-order valence-corrected chi connectivity index (χ0v) is 11.7. The van der Waals surface area contributed by atoms with E-state index in [1.54, 1.807) is 12.1 Å². The van der Waals surface area contributed by atoms with Crippen molar-refractivity contribution in [2.24, 2.45) is 5.92 Å². The average molecular weight is 255 g/mol. The monoisotopic (exact) mass is 255 g/mol. The third kappa shape index (κ3) is 3.54. The van der Waals surface area contributed by atoms with Crippen molar-refractivity contribution in [3.63, 3.8) is 0 Å². The van der Waals surface area contributed by atoms with Crippen LogP contribution in [-0.4, -0.2) is 21.7 Å². The van der Waals surface area contributed by atoms with E-state index >= 15 is 0 Å². The third-order valence-corrected chi connectivity index (χ3v) is 4.32. The van der Waals surface area contributed by atoms with Gasteiger partial charge in [-0.05, 0) is 30.7 Å². The van der Waals surface area contributed by atoms with Crippen LogP contribution in [0.5, 0.6) is 0 Å². The number of hydrogen-bond acceptors (Lipinski definition) is 3. The molecular formula is C13H21NO2S. The Morgan fingerprint density at radius 1 is 1.24 bits per heavy atom. The first-order chi connectivity index (χ1) is 7.90. The highest BCUT2D eigenvalue weighted by Gasteiger charge is 2.16. The molecule has 2 unspecified atom stereocenters. The molecule has 3 nitrogen and oxygen atoms in total. The first-order valence-corrected chi connectivity index (χ1v) is 7.76. The lowest BCUT2D eigenvalue weighted by Gasteiger charge is -2.23. The fourth-order valence-electron chi connectivity index (χ4n) is 1.94. The van der Waals surface area contributed by atoms with Crippen LogP contribution in [-0.2, 0) is 9.84 Å². The van der Waals surface area contributed by atoms with Gasteiger partial charge in [0.05, 0.1) is 4.90 Å². The molecule has 0 fully saturated rings. The Morgan fingerprint density at radius 3 is 2.12 bits per heavy atom. The molecular weight excluding hydrogens is 234 g/mol. The van der Waals surface area contributed by atoms with Crippen LogP contribution >= 0.6 is 0 Å². The second-order valence-corrected chi connectivity index (χ2v) is 6.51. The number of sulfone groups is 1. The fraction of sp³-hybridized carbons (Fsp3) is 0.538.